The number of azide groups is 1. The minimum Gasteiger partial charge on any atom is -0.481 e. The Balaban J connectivity index is 1.23. The maximum atomic E-state index is 14.8. The second-order valence-electron chi connectivity index (χ2n) is 20.5. The second-order valence-corrected chi connectivity index (χ2v) is 20.5. The minimum absolute atomic E-state index is 0.00572. The smallest absolute Gasteiger partial charge is 0.309 e. The molecule has 5 aliphatic rings. The van der Waals surface area contributed by atoms with E-state index in [0.717, 1.165) is 69.8 Å². The number of amides is 1. The van der Waals surface area contributed by atoms with Gasteiger partial charge in [-0.15, -0.1) is 0 Å². The molecule has 1 amide bonds. The van der Waals surface area contributed by atoms with Crippen LogP contribution in [-0.4, -0.2) is 29.1 Å². The summed E-state index contributed by atoms with van der Waals surface area (Å²) in [5.41, 5.74) is 5.35. The highest BCUT2D eigenvalue weighted by atomic mass is 19.2. The maximum absolute atomic E-state index is 14.8. The first-order valence-corrected chi connectivity index (χ1v) is 20.7. The van der Waals surface area contributed by atoms with Gasteiger partial charge in [-0.2, -0.15) is 0 Å². The number of nitrogens with zero attached hydrogens (tertiary/aromatic N) is 3. The predicted molar refractivity (Wildman–Crippen MR) is 206 cm³/mol. The van der Waals surface area contributed by atoms with E-state index in [-0.39, 0.29) is 57.9 Å². The fraction of sp³-hybridized carbons (Fsp3) is 0.750. The van der Waals surface area contributed by atoms with Crippen LogP contribution < -0.4 is 5.32 Å². The van der Waals surface area contributed by atoms with E-state index in [1.807, 2.05) is 0 Å². The number of nitrogens with one attached hydrogen (secondary N) is 1. The molecule has 2 N–H and O–H groups in total. The van der Waals surface area contributed by atoms with Gasteiger partial charge in [0, 0.05) is 28.9 Å². The van der Waals surface area contributed by atoms with Gasteiger partial charge in [0.25, 0.3) is 0 Å². The number of fused-ring (bicyclic) bond motifs is 7. The molecule has 0 aromatic heterocycles. The summed E-state index contributed by atoms with van der Waals surface area (Å²) in [6.45, 7) is 20.7. The number of carboxylic acid groups (broad SMARTS) is 1. The fourth-order valence-electron chi connectivity index (χ4n) is 13.9. The lowest BCUT2D eigenvalue weighted by Gasteiger charge is -2.73. The van der Waals surface area contributed by atoms with E-state index in [0.29, 0.717) is 17.8 Å². The molecule has 0 spiro atoms. The van der Waals surface area contributed by atoms with Crippen LogP contribution in [0.3, 0.4) is 0 Å². The number of carbonyl (C=O) groups excluding carboxylic acids is 2. The maximum Gasteiger partial charge on any atom is 0.309 e. The van der Waals surface area contributed by atoms with Crippen molar-refractivity contribution in [2.24, 2.45) is 67.2 Å². The Morgan fingerprint density at radius 1 is 0.895 bits per heavy atom. The minimum atomic E-state index is -1.81. The molecule has 0 unspecified atom stereocenters. The summed E-state index contributed by atoms with van der Waals surface area (Å²) < 4.78 is 64.8. The largest absolute Gasteiger partial charge is 0.481 e. The van der Waals surface area contributed by atoms with E-state index in [4.69, 9.17) is 10.3 Å². The molecular weight excluding hydrogens is 740 g/mol. The van der Waals surface area contributed by atoms with Crippen molar-refractivity contribution in [3.05, 3.63) is 51.4 Å². The highest BCUT2D eigenvalue weighted by molar-refractivity contribution is 5.81. The number of halogens is 4. The lowest BCUT2D eigenvalue weighted by Crippen LogP contribution is -2.67. The quantitative estimate of drug-likeness (QED) is 0.0461. The Kier molecular flexibility index (Phi) is 11.0. The Labute approximate surface area is 333 Å². The molecule has 0 saturated heterocycles. The van der Waals surface area contributed by atoms with E-state index in [9.17, 15) is 37.1 Å². The number of carbonyl (C=O) groups is 3. The molecule has 5 saturated carbocycles. The van der Waals surface area contributed by atoms with Gasteiger partial charge in [-0.25, -0.2) is 17.6 Å². The summed E-state index contributed by atoms with van der Waals surface area (Å²) in [5, 5.41) is 14.9. The molecular formula is C44H60F4N4O5. The normalized spacial score (nSPS) is 36.7. The van der Waals surface area contributed by atoms with E-state index in [1.165, 1.54) is 0 Å². The van der Waals surface area contributed by atoms with Crippen molar-refractivity contribution in [3.63, 3.8) is 0 Å². The first-order valence-electron chi connectivity index (χ1n) is 20.7. The summed E-state index contributed by atoms with van der Waals surface area (Å²) in [4.78, 5) is 40.8. The van der Waals surface area contributed by atoms with Crippen molar-refractivity contribution in [1.82, 2.24) is 5.32 Å². The number of hydrogen-bond acceptors (Lipinski definition) is 5. The lowest BCUT2D eigenvalue weighted by molar-refractivity contribution is -0.250. The topological polar surface area (TPSA) is 141 Å². The Morgan fingerprint density at radius 3 is 2.14 bits per heavy atom. The number of rotatable bonds is 10. The van der Waals surface area contributed by atoms with Gasteiger partial charge in [-0.3, -0.25) is 14.4 Å². The number of aliphatic carboxylic acids is 1. The fourth-order valence-corrected chi connectivity index (χ4v) is 13.9. The van der Waals surface area contributed by atoms with Gasteiger partial charge in [0.15, 0.2) is 23.3 Å². The Bertz CT molecular complexity index is 1880. The van der Waals surface area contributed by atoms with E-state index in [2.05, 4.69) is 63.5 Å². The van der Waals surface area contributed by atoms with Crippen molar-refractivity contribution in [2.75, 3.05) is 0 Å². The van der Waals surface area contributed by atoms with E-state index in [1.54, 1.807) is 13.8 Å². The molecule has 0 bridgehead atoms. The summed E-state index contributed by atoms with van der Waals surface area (Å²) >= 11 is 0. The molecule has 0 radical (unpaired) electrons. The number of ether oxygens (including phenoxy) is 1. The third-order valence-electron chi connectivity index (χ3n) is 17.1. The van der Waals surface area contributed by atoms with E-state index < -0.39 is 64.3 Å². The van der Waals surface area contributed by atoms with Crippen LogP contribution in [0.4, 0.5) is 23.2 Å². The Hall–Kier alpha value is -3.60. The molecule has 0 aliphatic heterocycles. The SMILES string of the molecule is C=C(C)[C@@H]1CC[C@]2(CC(=O)NCc3c(F)c(F)c(N=[N+]=[N-])c(F)c3F)CC[C@]3(C)[C@H](CC[C@@H]4[C@@]5(C)CC[C@H](OC(=O)CC(C)(C)C(=O)O)C(C)(C)[C@@H]5CC[C@]43C)[C@@H]12. The zero-order valence-electron chi connectivity index (χ0n) is 34.8. The number of esters is 1. The lowest BCUT2D eigenvalue weighted by atomic mass is 9.32. The van der Waals surface area contributed by atoms with Gasteiger partial charge >= 0.3 is 11.9 Å². The van der Waals surface area contributed by atoms with Crippen molar-refractivity contribution in [1.29, 1.82) is 0 Å². The van der Waals surface area contributed by atoms with Crippen LogP contribution >= 0.6 is 0 Å². The van der Waals surface area contributed by atoms with Crippen LogP contribution in [0.1, 0.15) is 138 Å². The summed E-state index contributed by atoms with van der Waals surface area (Å²) in [5.74, 6) is -7.60. The van der Waals surface area contributed by atoms with Crippen LogP contribution in [0.15, 0.2) is 17.3 Å². The van der Waals surface area contributed by atoms with E-state index >= 15 is 0 Å². The molecule has 13 heteroatoms. The molecule has 6 rings (SSSR count). The monoisotopic (exact) mass is 800 g/mol. The van der Waals surface area contributed by atoms with Gasteiger partial charge < -0.3 is 15.2 Å². The van der Waals surface area contributed by atoms with Gasteiger partial charge in [-0.1, -0.05) is 51.9 Å². The summed E-state index contributed by atoms with van der Waals surface area (Å²) in [6.07, 6.45) is 8.69. The third kappa shape index (κ3) is 6.66. The molecule has 1 aromatic carbocycles. The van der Waals surface area contributed by atoms with Crippen molar-refractivity contribution < 1.29 is 41.8 Å². The second kappa shape index (κ2) is 14.6. The number of allylic oxidation sites excluding steroid dienone is 1. The summed E-state index contributed by atoms with van der Waals surface area (Å²) in [6, 6.07) is 0. The van der Waals surface area contributed by atoms with Gasteiger partial charge in [0.2, 0.25) is 5.91 Å². The first-order chi connectivity index (χ1) is 26.4. The average molecular weight is 801 g/mol. The van der Waals surface area contributed by atoms with Gasteiger partial charge in [0.05, 0.1) is 11.8 Å². The molecule has 10 atom stereocenters. The molecule has 57 heavy (non-hydrogen) atoms. The molecule has 0 heterocycles. The van der Waals surface area contributed by atoms with Crippen molar-refractivity contribution in [2.45, 2.75) is 145 Å². The van der Waals surface area contributed by atoms with Crippen LogP contribution in [0, 0.1) is 85.3 Å². The number of hydrogen-bond donors (Lipinski definition) is 2. The highest BCUT2D eigenvalue weighted by Crippen LogP contribution is 2.78. The first kappa shape index (κ1) is 43.0. The van der Waals surface area contributed by atoms with Gasteiger partial charge in [-0.05, 0) is 142 Å². The standard InChI is InChI=1S/C44H60F4N4O5/c1-23(2)24-12-17-44(20-30(53)50-22-25-33(45)35(47)37(51-52-49)36(48)34(25)46)19-18-42(8)26(32(24)44)10-11-28-41(7)15-14-29(57-31(54)21-39(3,4)38(55)56)40(5,6)27(41)13-16-43(28,42)9/h24,26-29,32H,1,10-22H2,2-9H3,(H,50,53)(H,55,56)/t24-,26+,27-,28+,29-,32+,41-,42+,43+,44+/m0/s1. The zero-order chi connectivity index (χ0) is 42.3. The molecule has 314 valence electrons. The van der Waals surface area contributed by atoms with Crippen LogP contribution in [0.2, 0.25) is 0 Å². The number of carboxylic acids is 1. The molecule has 5 aliphatic carbocycles. The third-order valence-corrected chi connectivity index (χ3v) is 17.1. The number of benzene rings is 1. The molecule has 5 fully saturated rings. The average Bonchev–Trinajstić information content (AvgIpc) is 3.50. The van der Waals surface area contributed by atoms with Crippen molar-refractivity contribution >= 4 is 23.5 Å². The zero-order valence-corrected chi connectivity index (χ0v) is 34.8. The van der Waals surface area contributed by atoms with Gasteiger partial charge in [0.1, 0.15) is 11.8 Å². The summed E-state index contributed by atoms with van der Waals surface area (Å²) in [7, 11) is 0. The predicted octanol–water partition coefficient (Wildman–Crippen LogP) is 11.3. The highest BCUT2D eigenvalue weighted by Gasteiger charge is 2.71. The van der Waals surface area contributed by atoms with Crippen molar-refractivity contribution in [3.8, 4) is 0 Å². The Morgan fingerprint density at radius 2 is 1.54 bits per heavy atom. The van der Waals surface area contributed by atoms with Crippen LogP contribution in [0.25, 0.3) is 10.4 Å². The molecule has 9 nitrogen and oxygen atoms in total. The van der Waals surface area contributed by atoms with Crippen LogP contribution in [-0.2, 0) is 25.7 Å². The molecule has 1 aromatic rings. The van der Waals surface area contributed by atoms with Crippen LogP contribution in [0.5, 0.6) is 0 Å².